The summed E-state index contributed by atoms with van der Waals surface area (Å²) in [6, 6.07) is -1.17. The SMILES string of the molecule is C[C@H]1OC(O)C[C@@H](NC(=O)C(F)(F)F)[C@H]1O. The van der Waals surface area contributed by atoms with E-state index in [0.29, 0.717) is 0 Å². The first-order valence-corrected chi connectivity index (χ1v) is 4.61. The van der Waals surface area contributed by atoms with Crippen molar-refractivity contribution in [3.8, 4) is 0 Å². The first-order valence-electron chi connectivity index (χ1n) is 4.61. The van der Waals surface area contributed by atoms with Gasteiger partial charge in [0.25, 0.3) is 0 Å². The standard InChI is InChI=1S/C8H12F3NO4/c1-3-6(14)4(2-5(13)16-3)12-7(15)8(9,10)11/h3-6,13-14H,2H2,1H3,(H,12,15)/t3-,4-,5?,6+/m1/s1. The lowest BCUT2D eigenvalue weighted by Gasteiger charge is -2.36. The number of hydrogen-bond acceptors (Lipinski definition) is 4. The van der Waals surface area contributed by atoms with Crippen LogP contribution in [0.4, 0.5) is 13.2 Å². The quantitative estimate of drug-likeness (QED) is 0.581. The third-order valence-electron chi connectivity index (χ3n) is 2.29. The smallest absolute Gasteiger partial charge is 0.388 e. The van der Waals surface area contributed by atoms with E-state index in [-0.39, 0.29) is 6.42 Å². The Bertz CT molecular complexity index is 270. The normalized spacial score (nSPS) is 35.9. The molecule has 8 heteroatoms. The number of rotatable bonds is 1. The minimum absolute atomic E-state index is 0.284. The molecule has 5 nitrogen and oxygen atoms in total. The summed E-state index contributed by atoms with van der Waals surface area (Å²) in [5.74, 6) is -2.14. The molecular formula is C8H12F3NO4. The predicted octanol–water partition coefficient (Wildman–Crippen LogP) is -0.478. The van der Waals surface area contributed by atoms with Gasteiger partial charge in [0.2, 0.25) is 0 Å². The van der Waals surface area contributed by atoms with Crippen LogP contribution in [0.15, 0.2) is 0 Å². The van der Waals surface area contributed by atoms with Gasteiger partial charge in [0, 0.05) is 6.42 Å². The van der Waals surface area contributed by atoms with Crippen LogP contribution in [0.3, 0.4) is 0 Å². The Morgan fingerprint density at radius 2 is 2.00 bits per heavy atom. The molecule has 1 unspecified atom stereocenters. The zero-order valence-corrected chi connectivity index (χ0v) is 8.36. The van der Waals surface area contributed by atoms with Crippen molar-refractivity contribution in [3.63, 3.8) is 0 Å². The van der Waals surface area contributed by atoms with Crippen LogP contribution in [-0.4, -0.2) is 46.8 Å². The Hall–Kier alpha value is -0.860. The van der Waals surface area contributed by atoms with Crippen LogP contribution < -0.4 is 5.32 Å². The summed E-state index contributed by atoms with van der Waals surface area (Å²) in [6.45, 7) is 1.39. The van der Waals surface area contributed by atoms with E-state index in [2.05, 4.69) is 0 Å². The van der Waals surface area contributed by atoms with E-state index >= 15 is 0 Å². The van der Waals surface area contributed by atoms with Crippen molar-refractivity contribution >= 4 is 5.91 Å². The van der Waals surface area contributed by atoms with Gasteiger partial charge in [-0.15, -0.1) is 0 Å². The second kappa shape index (κ2) is 4.56. The monoisotopic (exact) mass is 243 g/mol. The van der Waals surface area contributed by atoms with Crippen LogP contribution in [0.5, 0.6) is 0 Å². The topological polar surface area (TPSA) is 78.8 Å². The lowest BCUT2D eigenvalue weighted by Crippen LogP contribution is -2.56. The molecule has 4 atom stereocenters. The second-order valence-corrected chi connectivity index (χ2v) is 3.60. The zero-order chi connectivity index (χ0) is 12.5. The summed E-state index contributed by atoms with van der Waals surface area (Å²) in [5.41, 5.74) is 0. The average molecular weight is 243 g/mol. The van der Waals surface area contributed by atoms with E-state index in [1.807, 2.05) is 0 Å². The molecule has 1 saturated heterocycles. The number of nitrogens with one attached hydrogen (secondary N) is 1. The highest BCUT2D eigenvalue weighted by atomic mass is 19.4. The number of carbonyl (C=O) groups is 1. The molecule has 0 aliphatic carbocycles. The van der Waals surface area contributed by atoms with Crippen LogP contribution in [0.1, 0.15) is 13.3 Å². The van der Waals surface area contributed by atoms with Gasteiger partial charge in [-0.25, -0.2) is 0 Å². The highest BCUT2D eigenvalue weighted by molar-refractivity contribution is 5.82. The molecule has 1 amide bonds. The number of carbonyl (C=O) groups excluding carboxylic acids is 1. The molecule has 0 aromatic rings. The van der Waals surface area contributed by atoms with Crippen molar-refractivity contribution < 1.29 is 32.9 Å². The Morgan fingerprint density at radius 3 is 2.50 bits per heavy atom. The molecule has 1 aliphatic heterocycles. The summed E-state index contributed by atoms with van der Waals surface area (Å²) in [4.78, 5) is 10.6. The van der Waals surface area contributed by atoms with E-state index in [1.54, 1.807) is 5.32 Å². The maximum atomic E-state index is 11.9. The van der Waals surface area contributed by atoms with Crippen molar-refractivity contribution in [2.75, 3.05) is 0 Å². The number of aliphatic hydroxyl groups excluding tert-OH is 2. The van der Waals surface area contributed by atoms with E-state index in [4.69, 9.17) is 9.84 Å². The molecule has 94 valence electrons. The molecule has 1 aliphatic rings. The first kappa shape index (κ1) is 13.2. The Morgan fingerprint density at radius 1 is 1.44 bits per heavy atom. The molecule has 1 fully saturated rings. The van der Waals surface area contributed by atoms with Crippen LogP contribution >= 0.6 is 0 Å². The summed E-state index contributed by atoms with van der Waals surface area (Å²) in [5, 5.41) is 20.2. The highest BCUT2D eigenvalue weighted by Gasteiger charge is 2.43. The lowest BCUT2D eigenvalue weighted by molar-refractivity contribution is -0.207. The molecule has 3 N–H and O–H groups in total. The first-order chi connectivity index (χ1) is 7.21. The number of ether oxygens (including phenoxy) is 1. The number of amides is 1. The van der Waals surface area contributed by atoms with Crippen molar-refractivity contribution in [3.05, 3.63) is 0 Å². The van der Waals surface area contributed by atoms with Gasteiger partial charge in [0.05, 0.1) is 12.1 Å². The van der Waals surface area contributed by atoms with E-state index in [9.17, 15) is 23.1 Å². The minimum atomic E-state index is -5.01. The summed E-state index contributed by atoms with van der Waals surface area (Å²) in [7, 11) is 0. The fourth-order valence-electron chi connectivity index (χ4n) is 1.46. The van der Waals surface area contributed by atoms with E-state index in [1.165, 1.54) is 6.92 Å². The molecule has 0 bridgehead atoms. The Labute approximate surface area is 89.2 Å². The van der Waals surface area contributed by atoms with Gasteiger partial charge in [-0.05, 0) is 6.92 Å². The van der Waals surface area contributed by atoms with Crippen LogP contribution in [0, 0.1) is 0 Å². The molecule has 0 spiro atoms. The van der Waals surface area contributed by atoms with Crippen molar-refractivity contribution in [2.45, 2.75) is 44.1 Å². The maximum Gasteiger partial charge on any atom is 0.471 e. The Balaban J connectivity index is 2.62. The van der Waals surface area contributed by atoms with Gasteiger partial charge < -0.3 is 20.3 Å². The number of hydrogen-bond donors (Lipinski definition) is 3. The Kier molecular flexibility index (Phi) is 3.76. The maximum absolute atomic E-state index is 11.9. The summed E-state index contributed by atoms with van der Waals surface area (Å²) < 4.78 is 40.6. The van der Waals surface area contributed by atoms with E-state index < -0.39 is 36.6 Å². The van der Waals surface area contributed by atoms with Crippen molar-refractivity contribution in [1.82, 2.24) is 5.32 Å². The molecular weight excluding hydrogens is 231 g/mol. The summed E-state index contributed by atoms with van der Waals surface area (Å²) >= 11 is 0. The number of aliphatic hydroxyl groups is 2. The van der Waals surface area contributed by atoms with Crippen LogP contribution in [-0.2, 0) is 9.53 Å². The molecule has 16 heavy (non-hydrogen) atoms. The van der Waals surface area contributed by atoms with E-state index in [0.717, 1.165) is 0 Å². The highest BCUT2D eigenvalue weighted by Crippen LogP contribution is 2.21. The second-order valence-electron chi connectivity index (χ2n) is 3.60. The van der Waals surface area contributed by atoms with Gasteiger partial charge in [-0.2, -0.15) is 13.2 Å². The summed E-state index contributed by atoms with van der Waals surface area (Å²) in [6.07, 6.45) is -8.71. The van der Waals surface area contributed by atoms with Gasteiger partial charge >= 0.3 is 12.1 Å². The molecule has 0 aromatic heterocycles. The fourth-order valence-corrected chi connectivity index (χ4v) is 1.46. The molecule has 0 radical (unpaired) electrons. The predicted molar refractivity (Wildman–Crippen MR) is 45.2 cm³/mol. The molecule has 1 heterocycles. The lowest BCUT2D eigenvalue weighted by atomic mass is 9.99. The van der Waals surface area contributed by atoms with Crippen molar-refractivity contribution in [2.24, 2.45) is 0 Å². The average Bonchev–Trinajstić information content (AvgIpc) is 2.11. The molecule has 0 saturated carbocycles. The van der Waals surface area contributed by atoms with Gasteiger partial charge in [0.15, 0.2) is 6.29 Å². The molecule has 1 rings (SSSR count). The zero-order valence-electron chi connectivity index (χ0n) is 8.36. The molecule has 0 aromatic carbocycles. The minimum Gasteiger partial charge on any atom is -0.388 e. The largest absolute Gasteiger partial charge is 0.471 e. The van der Waals surface area contributed by atoms with Crippen LogP contribution in [0.25, 0.3) is 0 Å². The number of halogens is 3. The van der Waals surface area contributed by atoms with Gasteiger partial charge in [0.1, 0.15) is 6.10 Å². The van der Waals surface area contributed by atoms with Gasteiger partial charge in [-0.1, -0.05) is 0 Å². The van der Waals surface area contributed by atoms with Crippen LogP contribution in [0.2, 0.25) is 0 Å². The van der Waals surface area contributed by atoms with Crippen molar-refractivity contribution in [1.29, 1.82) is 0 Å². The fraction of sp³-hybridized carbons (Fsp3) is 0.875. The number of alkyl halides is 3. The van der Waals surface area contributed by atoms with Gasteiger partial charge in [-0.3, -0.25) is 4.79 Å². The third-order valence-corrected chi connectivity index (χ3v) is 2.29. The third kappa shape index (κ3) is 3.06.